The number of nitrogens with zero attached hydrogens (tertiary/aromatic N) is 4. The third-order valence-electron chi connectivity index (χ3n) is 3.51. The maximum absolute atomic E-state index is 13.6. The van der Waals surface area contributed by atoms with E-state index in [9.17, 15) is 4.39 Å². The average Bonchev–Trinajstić information content (AvgIpc) is 2.51. The van der Waals surface area contributed by atoms with Crippen LogP contribution in [0, 0.1) is 5.82 Å². The zero-order chi connectivity index (χ0) is 14.7. The number of hydrogen-bond acceptors (Lipinski definition) is 5. The van der Waals surface area contributed by atoms with Crippen LogP contribution in [0.5, 0.6) is 11.6 Å². The molecule has 1 saturated heterocycles. The van der Waals surface area contributed by atoms with Crippen LogP contribution in [0.2, 0.25) is 0 Å². The molecule has 0 unspecified atom stereocenters. The van der Waals surface area contributed by atoms with E-state index >= 15 is 0 Å². The molecule has 0 N–H and O–H groups in total. The standard InChI is InChI=1S/C15H17FN4O/c1-19-6-8-20(9-7-19)14-10-15(18-11-17-14)21-13-5-3-2-4-12(13)16/h2-5,10-11H,6-9H2,1H3. The molecule has 0 saturated carbocycles. The highest BCUT2D eigenvalue weighted by atomic mass is 19.1. The molecule has 2 aromatic rings. The number of rotatable bonds is 3. The van der Waals surface area contributed by atoms with Crippen molar-refractivity contribution >= 4 is 5.82 Å². The largest absolute Gasteiger partial charge is 0.436 e. The van der Waals surface area contributed by atoms with E-state index in [1.807, 2.05) is 0 Å². The van der Waals surface area contributed by atoms with Gasteiger partial charge in [-0.25, -0.2) is 14.4 Å². The molecule has 21 heavy (non-hydrogen) atoms. The second-order valence-corrected chi connectivity index (χ2v) is 5.04. The van der Waals surface area contributed by atoms with Gasteiger partial charge in [0.05, 0.1) is 0 Å². The minimum Gasteiger partial charge on any atom is -0.436 e. The van der Waals surface area contributed by atoms with Gasteiger partial charge in [0.15, 0.2) is 11.6 Å². The Labute approximate surface area is 123 Å². The van der Waals surface area contributed by atoms with Crippen LogP contribution in [0.15, 0.2) is 36.7 Å². The fourth-order valence-electron chi connectivity index (χ4n) is 2.23. The summed E-state index contributed by atoms with van der Waals surface area (Å²) in [6.45, 7) is 3.81. The summed E-state index contributed by atoms with van der Waals surface area (Å²) in [4.78, 5) is 12.8. The lowest BCUT2D eigenvalue weighted by Gasteiger charge is -2.33. The Balaban J connectivity index is 1.76. The molecule has 0 spiro atoms. The summed E-state index contributed by atoms with van der Waals surface area (Å²) in [5.41, 5.74) is 0. The first-order valence-corrected chi connectivity index (χ1v) is 6.90. The quantitative estimate of drug-likeness (QED) is 0.865. The summed E-state index contributed by atoms with van der Waals surface area (Å²) >= 11 is 0. The molecule has 5 nitrogen and oxygen atoms in total. The van der Waals surface area contributed by atoms with Gasteiger partial charge in [0.1, 0.15) is 12.1 Å². The van der Waals surface area contributed by atoms with Crippen LogP contribution in [0.25, 0.3) is 0 Å². The van der Waals surface area contributed by atoms with Gasteiger partial charge in [-0.2, -0.15) is 0 Å². The molecule has 1 aliphatic rings. The normalized spacial score (nSPS) is 16.0. The smallest absolute Gasteiger partial charge is 0.224 e. The molecule has 1 fully saturated rings. The van der Waals surface area contributed by atoms with Crippen LogP contribution in [0.1, 0.15) is 0 Å². The van der Waals surface area contributed by atoms with Gasteiger partial charge >= 0.3 is 0 Å². The van der Waals surface area contributed by atoms with E-state index in [0.717, 1.165) is 32.0 Å². The van der Waals surface area contributed by atoms with Crippen molar-refractivity contribution in [3.8, 4) is 11.6 Å². The van der Waals surface area contributed by atoms with E-state index in [1.165, 1.54) is 12.4 Å². The van der Waals surface area contributed by atoms with Gasteiger partial charge in [-0.1, -0.05) is 12.1 Å². The first-order chi connectivity index (χ1) is 10.2. The van der Waals surface area contributed by atoms with Gasteiger partial charge in [-0.15, -0.1) is 0 Å². The van der Waals surface area contributed by atoms with Crippen molar-refractivity contribution in [1.82, 2.24) is 14.9 Å². The van der Waals surface area contributed by atoms with Crippen LogP contribution in [-0.4, -0.2) is 48.1 Å². The molecule has 0 aliphatic carbocycles. The Morgan fingerprint density at radius 1 is 1.10 bits per heavy atom. The second-order valence-electron chi connectivity index (χ2n) is 5.04. The number of benzene rings is 1. The van der Waals surface area contributed by atoms with E-state index in [1.54, 1.807) is 24.3 Å². The van der Waals surface area contributed by atoms with E-state index < -0.39 is 5.82 Å². The molecule has 0 atom stereocenters. The highest BCUT2D eigenvalue weighted by Crippen LogP contribution is 2.24. The number of hydrogen-bond donors (Lipinski definition) is 0. The van der Waals surface area contributed by atoms with Gasteiger partial charge in [-0.05, 0) is 19.2 Å². The summed E-state index contributed by atoms with van der Waals surface area (Å²) in [5, 5.41) is 0. The Hall–Kier alpha value is -2.21. The van der Waals surface area contributed by atoms with E-state index in [0.29, 0.717) is 5.88 Å². The molecule has 3 rings (SSSR count). The van der Waals surface area contributed by atoms with Crippen LogP contribution in [0.4, 0.5) is 10.2 Å². The van der Waals surface area contributed by atoms with E-state index in [2.05, 4.69) is 26.8 Å². The highest BCUT2D eigenvalue weighted by Gasteiger charge is 2.16. The molecule has 1 aromatic heterocycles. The molecular formula is C15H17FN4O. The maximum atomic E-state index is 13.6. The molecule has 0 radical (unpaired) electrons. The van der Waals surface area contributed by atoms with Crippen molar-refractivity contribution in [2.24, 2.45) is 0 Å². The minimum absolute atomic E-state index is 0.167. The molecular weight excluding hydrogens is 271 g/mol. The summed E-state index contributed by atoms with van der Waals surface area (Å²) < 4.78 is 19.1. The predicted molar refractivity (Wildman–Crippen MR) is 78.2 cm³/mol. The number of para-hydroxylation sites is 1. The zero-order valence-corrected chi connectivity index (χ0v) is 11.9. The van der Waals surface area contributed by atoms with Gasteiger partial charge in [0.25, 0.3) is 0 Å². The van der Waals surface area contributed by atoms with E-state index in [-0.39, 0.29) is 5.75 Å². The molecule has 0 bridgehead atoms. The number of ether oxygens (including phenoxy) is 1. The SMILES string of the molecule is CN1CCN(c2cc(Oc3ccccc3F)ncn2)CC1. The third kappa shape index (κ3) is 3.28. The summed E-state index contributed by atoms with van der Waals surface area (Å²) in [6.07, 6.45) is 1.45. The molecule has 1 aromatic carbocycles. The Kier molecular flexibility index (Phi) is 3.96. The number of likely N-dealkylation sites (N-methyl/N-ethyl adjacent to an activating group) is 1. The lowest BCUT2D eigenvalue weighted by Crippen LogP contribution is -2.44. The van der Waals surface area contributed by atoms with E-state index in [4.69, 9.17) is 4.74 Å². The topological polar surface area (TPSA) is 41.5 Å². The average molecular weight is 288 g/mol. The maximum Gasteiger partial charge on any atom is 0.224 e. The summed E-state index contributed by atoms with van der Waals surface area (Å²) in [7, 11) is 2.10. The lowest BCUT2D eigenvalue weighted by molar-refractivity contribution is 0.312. The van der Waals surface area contributed by atoms with Gasteiger partial charge in [0.2, 0.25) is 5.88 Å². The second kappa shape index (κ2) is 6.05. The van der Waals surface area contributed by atoms with Gasteiger partial charge in [-0.3, -0.25) is 0 Å². The first kappa shape index (κ1) is 13.8. The summed E-state index contributed by atoms with van der Waals surface area (Å²) in [5.74, 6) is 0.922. The van der Waals surface area contributed by atoms with Crippen LogP contribution in [0.3, 0.4) is 0 Å². The number of halogens is 1. The Morgan fingerprint density at radius 2 is 1.86 bits per heavy atom. The number of piperazine rings is 1. The monoisotopic (exact) mass is 288 g/mol. The van der Waals surface area contributed by atoms with Gasteiger partial charge < -0.3 is 14.5 Å². The molecule has 2 heterocycles. The predicted octanol–water partition coefficient (Wildman–Crippen LogP) is 2.16. The van der Waals surface area contributed by atoms with Crippen LogP contribution >= 0.6 is 0 Å². The van der Waals surface area contributed by atoms with Crippen molar-refractivity contribution < 1.29 is 9.13 Å². The highest BCUT2D eigenvalue weighted by molar-refractivity contribution is 5.42. The van der Waals surface area contributed by atoms with Gasteiger partial charge in [0, 0.05) is 32.2 Å². The fraction of sp³-hybridized carbons (Fsp3) is 0.333. The summed E-state index contributed by atoms with van der Waals surface area (Å²) in [6, 6.07) is 8.03. The fourth-order valence-corrected chi connectivity index (χ4v) is 2.23. The zero-order valence-electron chi connectivity index (χ0n) is 11.9. The number of aromatic nitrogens is 2. The van der Waals surface area contributed by atoms with Crippen molar-refractivity contribution in [2.45, 2.75) is 0 Å². The number of anilines is 1. The van der Waals surface area contributed by atoms with Crippen LogP contribution in [-0.2, 0) is 0 Å². The Morgan fingerprint density at radius 3 is 2.62 bits per heavy atom. The Bertz CT molecular complexity index is 614. The van der Waals surface area contributed by atoms with Crippen molar-refractivity contribution in [1.29, 1.82) is 0 Å². The van der Waals surface area contributed by atoms with Crippen molar-refractivity contribution in [3.05, 3.63) is 42.5 Å². The minimum atomic E-state index is -0.405. The van der Waals surface area contributed by atoms with Crippen molar-refractivity contribution in [2.75, 3.05) is 38.1 Å². The van der Waals surface area contributed by atoms with Crippen molar-refractivity contribution in [3.63, 3.8) is 0 Å². The molecule has 0 amide bonds. The first-order valence-electron chi connectivity index (χ1n) is 6.90. The molecule has 110 valence electrons. The van der Waals surface area contributed by atoms with Crippen LogP contribution < -0.4 is 9.64 Å². The third-order valence-corrected chi connectivity index (χ3v) is 3.51. The lowest BCUT2D eigenvalue weighted by atomic mass is 10.3. The molecule has 1 aliphatic heterocycles. The molecule has 6 heteroatoms.